The van der Waals surface area contributed by atoms with Gasteiger partial charge in [0, 0.05) is 17.3 Å². The first-order chi connectivity index (χ1) is 12.2. The standard InChI is InChI=1S/C23H30O3/c1-5-20(25)23(26)14(2)12-19-17-7-6-15-13-16(24)8-10-21(15,3)18(17)9-11-22(19,23)4/h8-10,13-14,17,19,26H,5-7,11-12H2,1-4H3/t14-,17-,19+,21+,22+,23+/m1/s1. The van der Waals surface area contributed by atoms with Crippen molar-refractivity contribution in [1.29, 1.82) is 0 Å². The summed E-state index contributed by atoms with van der Waals surface area (Å²) in [5, 5.41) is 11.6. The summed E-state index contributed by atoms with van der Waals surface area (Å²) in [5.74, 6) is 0.787. The summed E-state index contributed by atoms with van der Waals surface area (Å²) in [6, 6.07) is 0. The van der Waals surface area contributed by atoms with Crippen LogP contribution in [0.25, 0.3) is 0 Å². The van der Waals surface area contributed by atoms with Gasteiger partial charge in [0.15, 0.2) is 11.6 Å². The number of carbonyl (C=O) groups excluding carboxylic acids is 2. The molecule has 0 saturated heterocycles. The maximum atomic E-state index is 12.8. The van der Waals surface area contributed by atoms with Gasteiger partial charge in [0.2, 0.25) is 0 Å². The zero-order valence-electron chi connectivity index (χ0n) is 16.3. The van der Waals surface area contributed by atoms with E-state index in [1.165, 1.54) is 11.1 Å². The van der Waals surface area contributed by atoms with Crippen molar-refractivity contribution in [2.45, 2.75) is 65.4 Å². The average Bonchev–Trinajstić information content (AvgIpc) is 2.83. The van der Waals surface area contributed by atoms with Crippen molar-refractivity contribution in [1.82, 2.24) is 0 Å². The largest absolute Gasteiger partial charge is 0.381 e. The molecule has 0 aromatic heterocycles. The van der Waals surface area contributed by atoms with Gasteiger partial charge >= 0.3 is 0 Å². The molecule has 0 aromatic carbocycles. The Kier molecular flexibility index (Phi) is 3.80. The summed E-state index contributed by atoms with van der Waals surface area (Å²) >= 11 is 0. The fourth-order valence-corrected chi connectivity index (χ4v) is 6.73. The lowest BCUT2D eigenvalue weighted by Gasteiger charge is -2.53. The minimum Gasteiger partial charge on any atom is -0.381 e. The van der Waals surface area contributed by atoms with Gasteiger partial charge in [-0.05, 0) is 62.5 Å². The van der Waals surface area contributed by atoms with Crippen LogP contribution in [0.5, 0.6) is 0 Å². The Morgan fingerprint density at radius 3 is 2.77 bits per heavy atom. The lowest BCUT2D eigenvalue weighted by Crippen LogP contribution is -2.56. The fourth-order valence-electron chi connectivity index (χ4n) is 6.73. The molecule has 4 aliphatic rings. The van der Waals surface area contributed by atoms with Gasteiger partial charge in [-0.3, -0.25) is 9.59 Å². The molecular formula is C23H30O3. The van der Waals surface area contributed by atoms with Crippen LogP contribution in [-0.4, -0.2) is 22.3 Å². The quantitative estimate of drug-likeness (QED) is 0.757. The van der Waals surface area contributed by atoms with E-state index in [1.54, 1.807) is 6.08 Å². The van der Waals surface area contributed by atoms with E-state index in [-0.39, 0.29) is 28.3 Å². The molecule has 3 heteroatoms. The summed E-state index contributed by atoms with van der Waals surface area (Å²) in [4.78, 5) is 24.6. The summed E-state index contributed by atoms with van der Waals surface area (Å²) in [7, 11) is 0. The Morgan fingerprint density at radius 2 is 2.08 bits per heavy atom. The van der Waals surface area contributed by atoms with Crippen molar-refractivity contribution in [3.05, 3.63) is 35.5 Å². The van der Waals surface area contributed by atoms with Crippen molar-refractivity contribution < 1.29 is 14.7 Å². The van der Waals surface area contributed by atoms with E-state index in [2.05, 4.69) is 26.0 Å². The lowest BCUT2D eigenvalue weighted by atomic mass is 9.51. The fraction of sp³-hybridized carbons (Fsp3) is 0.652. The zero-order chi connectivity index (χ0) is 18.9. The number of ketones is 2. The predicted molar refractivity (Wildman–Crippen MR) is 101 cm³/mol. The van der Waals surface area contributed by atoms with Crippen LogP contribution in [0.15, 0.2) is 35.5 Å². The molecule has 0 unspecified atom stereocenters. The number of allylic oxidation sites excluding steroid dienone is 6. The Labute approximate surface area is 156 Å². The average molecular weight is 354 g/mol. The predicted octanol–water partition coefficient (Wildman–Crippen LogP) is 4.17. The van der Waals surface area contributed by atoms with E-state index in [9.17, 15) is 14.7 Å². The number of hydrogen-bond donors (Lipinski definition) is 1. The molecule has 2 saturated carbocycles. The number of hydrogen-bond acceptors (Lipinski definition) is 3. The minimum absolute atomic E-state index is 0.00221. The third-order valence-corrected chi connectivity index (χ3v) is 8.28. The topological polar surface area (TPSA) is 54.4 Å². The molecular weight excluding hydrogens is 324 g/mol. The molecule has 3 nitrogen and oxygen atoms in total. The minimum atomic E-state index is -1.22. The van der Waals surface area contributed by atoms with Crippen molar-refractivity contribution >= 4 is 11.6 Å². The van der Waals surface area contributed by atoms with Crippen LogP contribution < -0.4 is 0 Å². The third kappa shape index (κ3) is 1.98. The Morgan fingerprint density at radius 1 is 1.35 bits per heavy atom. The Bertz CT molecular complexity index is 772. The van der Waals surface area contributed by atoms with Gasteiger partial charge in [-0.1, -0.05) is 44.1 Å². The smallest absolute Gasteiger partial charge is 0.178 e. The molecule has 26 heavy (non-hydrogen) atoms. The number of fused-ring (bicyclic) bond motifs is 5. The zero-order valence-corrected chi connectivity index (χ0v) is 16.3. The van der Waals surface area contributed by atoms with E-state index >= 15 is 0 Å². The number of Topliss-reactive ketones (excluding diaryl/α,β-unsaturated/α-hetero) is 1. The van der Waals surface area contributed by atoms with Crippen molar-refractivity contribution in [3.63, 3.8) is 0 Å². The molecule has 0 spiro atoms. The maximum absolute atomic E-state index is 12.8. The van der Waals surface area contributed by atoms with E-state index in [0.717, 1.165) is 25.7 Å². The van der Waals surface area contributed by atoms with Crippen molar-refractivity contribution in [2.24, 2.45) is 28.6 Å². The van der Waals surface area contributed by atoms with Gasteiger partial charge in [0.25, 0.3) is 0 Å². The normalized spacial score (nSPS) is 46.8. The number of rotatable bonds is 2. The van der Waals surface area contributed by atoms with Crippen LogP contribution in [0.3, 0.4) is 0 Å². The number of carbonyl (C=O) groups is 2. The van der Waals surface area contributed by atoms with E-state index in [0.29, 0.717) is 18.3 Å². The van der Waals surface area contributed by atoms with Crippen LogP contribution in [0.4, 0.5) is 0 Å². The van der Waals surface area contributed by atoms with Crippen molar-refractivity contribution in [2.75, 3.05) is 0 Å². The molecule has 0 amide bonds. The Balaban J connectivity index is 1.79. The van der Waals surface area contributed by atoms with E-state index in [4.69, 9.17) is 0 Å². The van der Waals surface area contributed by atoms with Gasteiger partial charge in [0.05, 0.1) is 0 Å². The monoisotopic (exact) mass is 354 g/mol. The maximum Gasteiger partial charge on any atom is 0.178 e. The first-order valence-electron chi connectivity index (χ1n) is 10.1. The Hall–Kier alpha value is -1.48. The molecule has 4 rings (SSSR count). The molecule has 1 N–H and O–H groups in total. The highest BCUT2D eigenvalue weighted by molar-refractivity contribution is 6.01. The molecule has 0 heterocycles. The molecule has 2 fully saturated rings. The summed E-state index contributed by atoms with van der Waals surface area (Å²) in [6.07, 6.45) is 11.9. The van der Waals surface area contributed by atoms with E-state index in [1.807, 2.05) is 19.9 Å². The molecule has 6 atom stereocenters. The summed E-state index contributed by atoms with van der Waals surface area (Å²) < 4.78 is 0. The molecule has 140 valence electrons. The summed E-state index contributed by atoms with van der Waals surface area (Å²) in [6.45, 7) is 8.27. The van der Waals surface area contributed by atoms with Crippen LogP contribution in [0.1, 0.15) is 59.8 Å². The van der Waals surface area contributed by atoms with Gasteiger partial charge in [-0.2, -0.15) is 0 Å². The number of aliphatic hydroxyl groups is 1. The highest BCUT2D eigenvalue weighted by atomic mass is 16.3. The van der Waals surface area contributed by atoms with Gasteiger partial charge in [0.1, 0.15) is 5.60 Å². The van der Waals surface area contributed by atoms with Gasteiger partial charge in [-0.25, -0.2) is 0 Å². The molecule has 0 aliphatic heterocycles. The molecule has 4 aliphatic carbocycles. The first-order valence-corrected chi connectivity index (χ1v) is 10.1. The van der Waals surface area contributed by atoms with Gasteiger partial charge in [-0.15, -0.1) is 0 Å². The van der Waals surface area contributed by atoms with Crippen LogP contribution >= 0.6 is 0 Å². The second-order valence-corrected chi connectivity index (χ2v) is 9.32. The van der Waals surface area contributed by atoms with Gasteiger partial charge < -0.3 is 5.11 Å². The SMILES string of the molecule is CCC(=O)[C@@]1(O)[C@H](C)C[C@H]2[C@@H]3CCC4=CC(=O)C=C[C@]4(C)C3=CC[C@@]21C. The summed E-state index contributed by atoms with van der Waals surface area (Å²) in [5.41, 5.74) is 0.851. The third-order valence-electron chi connectivity index (χ3n) is 8.28. The molecule has 0 aromatic rings. The molecule has 0 radical (unpaired) electrons. The van der Waals surface area contributed by atoms with Crippen LogP contribution in [0.2, 0.25) is 0 Å². The van der Waals surface area contributed by atoms with Crippen LogP contribution in [0, 0.1) is 28.6 Å². The highest BCUT2D eigenvalue weighted by Crippen LogP contribution is 2.66. The highest BCUT2D eigenvalue weighted by Gasteiger charge is 2.66. The van der Waals surface area contributed by atoms with Crippen LogP contribution in [-0.2, 0) is 9.59 Å². The second kappa shape index (κ2) is 5.51. The second-order valence-electron chi connectivity index (χ2n) is 9.32. The lowest BCUT2D eigenvalue weighted by molar-refractivity contribution is -0.158. The van der Waals surface area contributed by atoms with Crippen molar-refractivity contribution in [3.8, 4) is 0 Å². The van der Waals surface area contributed by atoms with E-state index < -0.39 is 5.60 Å². The first kappa shape index (κ1) is 17.9. The molecule has 0 bridgehead atoms.